The van der Waals surface area contributed by atoms with Gasteiger partial charge in [0.15, 0.2) is 0 Å². The minimum Gasteiger partial charge on any atom is -0.372 e. The maximum Gasteiger partial charge on any atom is 0.315 e. The molecule has 0 atom stereocenters. The summed E-state index contributed by atoms with van der Waals surface area (Å²) in [5.74, 6) is -1.12. The van der Waals surface area contributed by atoms with Gasteiger partial charge in [-0.05, 0) is 62.7 Å². The van der Waals surface area contributed by atoms with Gasteiger partial charge in [-0.1, -0.05) is 0 Å². The molecule has 2 amide bonds. The fraction of sp³-hybridized carbons (Fsp3) is 0.278. The number of aryl methyl sites for hydroxylation is 1. The van der Waals surface area contributed by atoms with Gasteiger partial charge in [-0.2, -0.15) is 0 Å². The van der Waals surface area contributed by atoms with Crippen LogP contribution in [0.2, 0.25) is 0 Å². The van der Waals surface area contributed by atoms with Crippen molar-refractivity contribution in [1.29, 1.82) is 0 Å². The van der Waals surface area contributed by atoms with Gasteiger partial charge in [-0.15, -0.1) is 0 Å². The molecule has 6 nitrogen and oxygen atoms in total. The van der Waals surface area contributed by atoms with E-state index in [1.165, 1.54) is 0 Å². The molecule has 0 aliphatic rings. The third-order valence-corrected chi connectivity index (χ3v) is 3.62. The smallest absolute Gasteiger partial charge is 0.315 e. The third kappa shape index (κ3) is 4.55. The number of nitrogens with zero attached hydrogens (tertiary/aromatic N) is 2. The summed E-state index contributed by atoms with van der Waals surface area (Å²) < 4.78 is 0. The van der Waals surface area contributed by atoms with E-state index in [0.29, 0.717) is 11.5 Å². The number of anilines is 3. The van der Waals surface area contributed by atoms with Crippen molar-refractivity contribution in [3.05, 3.63) is 48.2 Å². The summed E-state index contributed by atoms with van der Waals surface area (Å²) in [4.78, 5) is 30.1. The highest BCUT2D eigenvalue weighted by molar-refractivity contribution is 6.43. The molecular formula is C18H22N4O2. The average Bonchev–Trinajstić information content (AvgIpc) is 2.57. The van der Waals surface area contributed by atoms with Crippen LogP contribution in [0.3, 0.4) is 0 Å². The maximum absolute atomic E-state index is 12.0. The van der Waals surface area contributed by atoms with E-state index in [1.54, 1.807) is 24.4 Å². The Hall–Kier alpha value is -2.89. The van der Waals surface area contributed by atoms with Gasteiger partial charge < -0.3 is 15.5 Å². The minimum absolute atomic E-state index is 0.354. The molecule has 2 rings (SSSR count). The Bertz CT molecular complexity index is 709. The molecule has 0 bridgehead atoms. The number of aromatic nitrogens is 1. The number of hydrogen-bond donors (Lipinski definition) is 2. The van der Waals surface area contributed by atoms with Crippen LogP contribution in [0.4, 0.5) is 17.2 Å². The Morgan fingerprint density at radius 2 is 1.62 bits per heavy atom. The van der Waals surface area contributed by atoms with E-state index in [2.05, 4.69) is 34.4 Å². The summed E-state index contributed by atoms with van der Waals surface area (Å²) in [6.07, 6.45) is 1.58. The average molecular weight is 326 g/mol. The summed E-state index contributed by atoms with van der Waals surface area (Å²) in [5.41, 5.74) is 2.60. The Morgan fingerprint density at radius 3 is 2.21 bits per heavy atom. The van der Waals surface area contributed by atoms with Crippen molar-refractivity contribution in [1.82, 2.24) is 4.98 Å². The van der Waals surface area contributed by atoms with Crippen LogP contribution in [0.25, 0.3) is 0 Å². The number of benzene rings is 1. The first kappa shape index (κ1) is 17.5. The van der Waals surface area contributed by atoms with Gasteiger partial charge in [0.2, 0.25) is 0 Å². The van der Waals surface area contributed by atoms with Crippen LogP contribution in [0.1, 0.15) is 19.4 Å². The lowest BCUT2D eigenvalue weighted by Gasteiger charge is -2.21. The molecule has 2 N–H and O–H groups in total. The topological polar surface area (TPSA) is 74.3 Å². The normalized spacial score (nSPS) is 10.1. The first-order valence-corrected chi connectivity index (χ1v) is 7.93. The van der Waals surface area contributed by atoms with Crippen molar-refractivity contribution in [2.45, 2.75) is 20.8 Å². The molecule has 0 saturated carbocycles. The molecule has 24 heavy (non-hydrogen) atoms. The van der Waals surface area contributed by atoms with E-state index in [9.17, 15) is 9.59 Å². The van der Waals surface area contributed by atoms with Gasteiger partial charge in [0.25, 0.3) is 0 Å². The Balaban J connectivity index is 1.97. The molecule has 1 heterocycles. The second-order valence-corrected chi connectivity index (χ2v) is 5.35. The summed E-state index contributed by atoms with van der Waals surface area (Å²) in [6, 6.07) is 10.9. The van der Waals surface area contributed by atoms with E-state index < -0.39 is 11.8 Å². The number of carbonyl (C=O) groups excluding carboxylic acids is 2. The Labute approximate surface area is 141 Å². The molecule has 126 valence electrons. The number of amides is 2. The molecule has 6 heteroatoms. The van der Waals surface area contributed by atoms with Gasteiger partial charge in [-0.3, -0.25) is 9.59 Å². The highest BCUT2D eigenvalue weighted by Crippen LogP contribution is 2.17. The van der Waals surface area contributed by atoms with Crippen LogP contribution in [0.15, 0.2) is 42.6 Å². The zero-order chi connectivity index (χ0) is 17.5. The van der Waals surface area contributed by atoms with Crippen LogP contribution < -0.4 is 15.5 Å². The fourth-order valence-electron chi connectivity index (χ4n) is 2.31. The summed E-state index contributed by atoms with van der Waals surface area (Å²) in [5, 5.41) is 5.06. The fourth-order valence-corrected chi connectivity index (χ4v) is 2.31. The Morgan fingerprint density at radius 1 is 1.00 bits per heavy atom. The van der Waals surface area contributed by atoms with Gasteiger partial charge in [0.1, 0.15) is 5.82 Å². The second kappa shape index (κ2) is 8.10. The van der Waals surface area contributed by atoms with Crippen molar-refractivity contribution < 1.29 is 9.59 Å². The number of nitrogens with one attached hydrogen (secondary N) is 2. The summed E-state index contributed by atoms with van der Waals surface area (Å²) in [6.45, 7) is 7.88. The first-order valence-electron chi connectivity index (χ1n) is 7.93. The van der Waals surface area contributed by atoms with Gasteiger partial charge in [0.05, 0.1) is 0 Å². The minimum atomic E-state index is -0.749. The molecule has 1 aromatic carbocycles. The van der Waals surface area contributed by atoms with Crippen LogP contribution in [-0.2, 0) is 9.59 Å². The molecule has 0 aliphatic carbocycles. The van der Waals surface area contributed by atoms with Crippen LogP contribution in [0.5, 0.6) is 0 Å². The zero-order valence-corrected chi connectivity index (χ0v) is 14.2. The number of rotatable bonds is 5. The SMILES string of the molecule is CCN(CC)c1ccc(NC(=O)C(=O)Nc2cc(C)ccn2)cc1. The molecule has 0 aliphatic heterocycles. The molecule has 0 radical (unpaired) electrons. The molecule has 0 spiro atoms. The molecular weight excluding hydrogens is 304 g/mol. The molecule has 0 saturated heterocycles. The predicted octanol–water partition coefficient (Wildman–Crippen LogP) is 2.81. The standard InChI is InChI=1S/C18H22N4O2/c1-4-22(5-2)15-8-6-14(7-9-15)20-17(23)18(24)21-16-12-13(3)10-11-19-16/h6-12H,4-5H2,1-3H3,(H,20,23)(H,19,21,24). The lowest BCUT2D eigenvalue weighted by molar-refractivity contribution is -0.133. The predicted molar refractivity (Wildman–Crippen MR) is 96.2 cm³/mol. The largest absolute Gasteiger partial charge is 0.372 e. The summed E-state index contributed by atoms with van der Waals surface area (Å²) >= 11 is 0. The zero-order valence-electron chi connectivity index (χ0n) is 14.2. The third-order valence-electron chi connectivity index (χ3n) is 3.62. The van der Waals surface area contributed by atoms with Crippen LogP contribution in [-0.4, -0.2) is 29.9 Å². The number of carbonyl (C=O) groups is 2. The summed E-state index contributed by atoms with van der Waals surface area (Å²) in [7, 11) is 0. The quantitative estimate of drug-likeness (QED) is 0.829. The van der Waals surface area contributed by atoms with Crippen LogP contribution in [0, 0.1) is 6.92 Å². The van der Waals surface area contributed by atoms with E-state index >= 15 is 0 Å². The first-order chi connectivity index (χ1) is 11.5. The monoisotopic (exact) mass is 326 g/mol. The number of pyridine rings is 1. The van der Waals surface area contributed by atoms with Crippen molar-refractivity contribution in [2.75, 3.05) is 28.6 Å². The van der Waals surface area contributed by atoms with Gasteiger partial charge in [-0.25, -0.2) is 4.98 Å². The maximum atomic E-state index is 12.0. The van der Waals surface area contributed by atoms with Crippen LogP contribution >= 0.6 is 0 Å². The molecule has 0 fully saturated rings. The lowest BCUT2D eigenvalue weighted by Crippen LogP contribution is -2.29. The second-order valence-electron chi connectivity index (χ2n) is 5.35. The van der Waals surface area contributed by atoms with E-state index in [0.717, 1.165) is 24.3 Å². The molecule has 2 aromatic rings. The Kier molecular flexibility index (Phi) is 5.89. The van der Waals surface area contributed by atoms with E-state index in [4.69, 9.17) is 0 Å². The highest BCUT2D eigenvalue weighted by Gasteiger charge is 2.14. The molecule has 0 unspecified atom stereocenters. The molecule has 1 aromatic heterocycles. The van der Waals surface area contributed by atoms with E-state index in [1.807, 2.05) is 25.1 Å². The lowest BCUT2D eigenvalue weighted by atomic mass is 10.2. The van der Waals surface area contributed by atoms with Crippen molar-refractivity contribution in [2.24, 2.45) is 0 Å². The highest BCUT2D eigenvalue weighted by atomic mass is 16.2. The van der Waals surface area contributed by atoms with Crippen molar-refractivity contribution in [3.8, 4) is 0 Å². The van der Waals surface area contributed by atoms with E-state index in [-0.39, 0.29) is 0 Å². The van der Waals surface area contributed by atoms with Gasteiger partial charge >= 0.3 is 11.8 Å². The van der Waals surface area contributed by atoms with Gasteiger partial charge in [0, 0.05) is 30.7 Å². The van der Waals surface area contributed by atoms with Crippen molar-refractivity contribution in [3.63, 3.8) is 0 Å². The van der Waals surface area contributed by atoms with Crippen molar-refractivity contribution >= 4 is 29.0 Å². The number of hydrogen-bond acceptors (Lipinski definition) is 4.